The summed E-state index contributed by atoms with van der Waals surface area (Å²) in [5.41, 5.74) is 7.89. The molecule has 5 nitrogen and oxygen atoms in total. The number of halogens is 1. The number of hydrogen-bond donors (Lipinski definition) is 1. The average Bonchev–Trinajstić information content (AvgIpc) is 2.89. The number of carbonyl (C=O) groups excluding carboxylic acids is 1. The van der Waals surface area contributed by atoms with E-state index in [0.717, 1.165) is 15.8 Å². The van der Waals surface area contributed by atoms with Crippen LogP contribution in [-0.4, -0.2) is 20.7 Å². The smallest absolute Gasteiger partial charge is 0.281 e. The Bertz CT molecular complexity index is 840. The summed E-state index contributed by atoms with van der Waals surface area (Å²) in [5.74, 6) is -0.505. The fraction of sp³-hybridized carbons (Fsp3) is 0.0625. The van der Waals surface area contributed by atoms with E-state index < -0.39 is 11.7 Å². The van der Waals surface area contributed by atoms with Crippen molar-refractivity contribution in [2.24, 2.45) is 0 Å². The molecule has 0 saturated carbocycles. The van der Waals surface area contributed by atoms with Crippen LogP contribution in [-0.2, 0) is 0 Å². The molecular weight excluding hydrogens is 283 g/mol. The van der Waals surface area contributed by atoms with Gasteiger partial charge in [0.1, 0.15) is 5.82 Å². The van der Waals surface area contributed by atoms with Crippen molar-refractivity contribution < 1.29 is 9.18 Å². The lowest BCUT2D eigenvalue weighted by Gasteiger charge is -2.01. The minimum absolute atomic E-state index is 0.00849. The zero-order chi connectivity index (χ0) is 15.7. The Balaban J connectivity index is 1.99. The molecule has 0 spiro atoms. The summed E-state index contributed by atoms with van der Waals surface area (Å²) in [6.07, 6.45) is 0. The maximum absolute atomic E-state index is 12.9. The molecule has 22 heavy (non-hydrogen) atoms. The number of aryl methyl sites for hydroxylation is 1. The minimum Gasteiger partial charge on any atom is -0.368 e. The molecule has 2 aromatic carbocycles. The van der Waals surface area contributed by atoms with Gasteiger partial charge in [-0.15, -0.1) is 5.10 Å². The highest BCUT2D eigenvalue weighted by Gasteiger charge is 2.16. The molecule has 6 heteroatoms. The molecule has 0 atom stereocenters. The second-order valence-electron chi connectivity index (χ2n) is 4.89. The molecule has 0 aliphatic rings. The Morgan fingerprint density at radius 2 is 1.91 bits per heavy atom. The van der Waals surface area contributed by atoms with Crippen molar-refractivity contribution >= 4 is 11.9 Å². The Morgan fingerprint density at radius 1 is 1.18 bits per heavy atom. The number of rotatable bonds is 2. The minimum atomic E-state index is -0.455. The molecule has 0 fully saturated rings. The molecule has 0 saturated heterocycles. The summed E-state index contributed by atoms with van der Waals surface area (Å²) in [7, 11) is 0. The van der Waals surface area contributed by atoms with E-state index in [-0.39, 0.29) is 11.5 Å². The van der Waals surface area contributed by atoms with Crippen LogP contribution in [0.5, 0.6) is 0 Å². The van der Waals surface area contributed by atoms with Gasteiger partial charge < -0.3 is 5.73 Å². The fourth-order valence-electron chi connectivity index (χ4n) is 2.09. The number of anilines is 1. The first-order valence-corrected chi connectivity index (χ1v) is 6.64. The maximum Gasteiger partial charge on any atom is 0.281 e. The fourth-order valence-corrected chi connectivity index (χ4v) is 2.09. The molecule has 0 aliphatic heterocycles. The summed E-state index contributed by atoms with van der Waals surface area (Å²) in [6.45, 7) is 1.95. The Kier molecular flexibility index (Phi) is 3.42. The van der Waals surface area contributed by atoms with Crippen LogP contribution >= 0.6 is 0 Å². The monoisotopic (exact) mass is 296 g/mol. The van der Waals surface area contributed by atoms with Gasteiger partial charge in [0, 0.05) is 11.1 Å². The van der Waals surface area contributed by atoms with Gasteiger partial charge in [0.2, 0.25) is 5.95 Å². The van der Waals surface area contributed by atoms with Gasteiger partial charge in [-0.1, -0.05) is 23.8 Å². The van der Waals surface area contributed by atoms with E-state index in [4.69, 9.17) is 5.73 Å². The van der Waals surface area contributed by atoms with Crippen molar-refractivity contribution in [3.8, 4) is 11.4 Å². The average molecular weight is 296 g/mol. The Hall–Kier alpha value is -3.02. The molecule has 0 amide bonds. The van der Waals surface area contributed by atoms with Crippen molar-refractivity contribution in [3.05, 3.63) is 65.5 Å². The lowest BCUT2D eigenvalue weighted by Crippen LogP contribution is -2.16. The van der Waals surface area contributed by atoms with Gasteiger partial charge in [-0.25, -0.2) is 4.39 Å². The number of nitrogen functional groups attached to an aromatic ring is 1. The zero-order valence-corrected chi connectivity index (χ0v) is 11.8. The molecule has 0 radical (unpaired) electrons. The molecule has 3 aromatic rings. The van der Waals surface area contributed by atoms with E-state index in [1.54, 1.807) is 0 Å². The zero-order valence-electron chi connectivity index (χ0n) is 11.8. The van der Waals surface area contributed by atoms with Crippen molar-refractivity contribution in [1.29, 1.82) is 0 Å². The lowest BCUT2D eigenvalue weighted by molar-refractivity contribution is 0.0948. The summed E-state index contributed by atoms with van der Waals surface area (Å²) in [4.78, 5) is 16.5. The third-order valence-corrected chi connectivity index (χ3v) is 3.19. The van der Waals surface area contributed by atoms with Gasteiger partial charge >= 0.3 is 0 Å². The lowest BCUT2D eigenvalue weighted by atomic mass is 10.1. The highest BCUT2D eigenvalue weighted by atomic mass is 19.1. The Morgan fingerprint density at radius 3 is 2.59 bits per heavy atom. The van der Waals surface area contributed by atoms with Gasteiger partial charge in [-0.05, 0) is 37.3 Å². The van der Waals surface area contributed by atoms with Crippen LogP contribution in [0.1, 0.15) is 15.9 Å². The maximum atomic E-state index is 12.9. The van der Waals surface area contributed by atoms with Crippen LogP contribution in [0.2, 0.25) is 0 Å². The molecule has 0 bridgehead atoms. The first kappa shape index (κ1) is 13.9. The number of benzene rings is 2. The molecular formula is C16H13FN4O. The van der Waals surface area contributed by atoms with Crippen molar-refractivity contribution in [1.82, 2.24) is 14.8 Å². The van der Waals surface area contributed by atoms with Crippen LogP contribution in [0, 0.1) is 12.7 Å². The van der Waals surface area contributed by atoms with Crippen LogP contribution < -0.4 is 5.73 Å². The molecule has 0 aliphatic carbocycles. The SMILES string of the molecule is Cc1cccc(-c2nc(N)n(C(=O)c3ccc(F)cc3)n2)c1. The van der Waals surface area contributed by atoms with E-state index in [0.29, 0.717) is 5.82 Å². The standard InChI is InChI=1S/C16H13FN4O/c1-10-3-2-4-12(9-10)14-19-16(18)21(20-14)15(22)11-5-7-13(17)8-6-11/h2-9H,1H3,(H2,18,19,20). The van der Waals surface area contributed by atoms with E-state index in [2.05, 4.69) is 10.1 Å². The van der Waals surface area contributed by atoms with Crippen LogP contribution in [0.4, 0.5) is 10.3 Å². The third kappa shape index (κ3) is 2.58. The number of nitrogens with zero attached hydrogens (tertiary/aromatic N) is 3. The van der Waals surface area contributed by atoms with Crippen molar-refractivity contribution in [2.45, 2.75) is 6.92 Å². The molecule has 2 N–H and O–H groups in total. The normalized spacial score (nSPS) is 10.6. The summed E-state index contributed by atoms with van der Waals surface area (Å²) in [6, 6.07) is 12.8. The van der Waals surface area contributed by atoms with Crippen LogP contribution in [0.15, 0.2) is 48.5 Å². The quantitative estimate of drug-likeness (QED) is 0.789. The van der Waals surface area contributed by atoms with E-state index in [1.807, 2.05) is 31.2 Å². The second-order valence-corrected chi connectivity index (χ2v) is 4.89. The number of aromatic nitrogens is 3. The summed E-state index contributed by atoms with van der Waals surface area (Å²) in [5, 5.41) is 4.16. The van der Waals surface area contributed by atoms with E-state index in [1.165, 1.54) is 24.3 Å². The first-order valence-electron chi connectivity index (χ1n) is 6.64. The second kappa shape index (κ2) is 5.40. The van der Waals surface area contributed by atoms with Gasteiger partial charge in [-0.2, -0.15) is 9.67 Å². The highest BCUT2D eigenvalue weighted by Crippen LogP contribution is 2.18. The summed E-state index contributed by atoms with van der Waals surface area (Å²) < 4.78 is 13.9. The molecule has 0 unspecified atom stereocenters. The van der Waals surface area contributed by atoms with Gasteiger partial charge in [0.05, 0.1) is 0 Å². The van der Waals surface area contributed by atoms with Gasteiger partial charge in [0.25, 0.3) is 5.91 Å². The van der Waals surface area contributed by atoms with Crippen molar-refractivity contribution in [2.75, 3.05) is 5.73 Å². The third-order valence-electron chi connectivity index (χ3n) is 3.19. The summed E-state index contributed by atoms with van der Waals surface area (Å²) >= 11 is 0. The number of hydrogen-bond acceptors (Lipinski definition) is 4. The first-order chi connectivity index (χ1) is 10.5. The van der Waals surface area contributed by atoms with Gasteiger partial charge in [-0.3, -0.25) is 4.79 Å². The Labute approximate surface area is 126 Å². The van der Waals surface area contributed by atoms with Crippen LogP contribution in [0.25, 0.3) is 11.4 Å². The van der Waals surface area contributed by atoms with Gasteiger partial charge in [0.15, 0.2) is 5.82 Å². The predicted octanol–water partition coefficient (Wildman–Crippen LogP) is 2.66. The molecule has 1 heterocycles. The molecule has 1 aromatic heterocycles. The molecule has 110 valence electrons. The predicted molar refractivity (Wildman–Crippen MR) is 80.7 cm³/mol. The highest BCUT2D eigenvalue weighted by molar-refractivity contribution is 5.96. The largest absolute Gasteiger partial charge is 0.368 e. The topological polar surface area (TPSA) is 73.8 Å². The van der Waals surface area contributed by atoms with E-state index in [9.17, 15) is 9.18 Å². The van der Waals surface area contributed by atoms with E-state index >= 15 is 0 Å². The number of carbonyl (C=O) groups is 1. The number of nitrogens with two attached hydrogens (primary N) is 1. The van der Waals surface area contributed by atoms with Crippen molar-refractivity contribution in [3.63, 3.8) is 0 Å². The van der Waals surface area contributed by atoms with Crippen LogP contribution in [0.3, 0.4) is 0 Å². The molecule has 3 rings (SSSR count).